The molecular weight excluding hydrogens is 486 g/mol. The van der Waals surface area contributed by atoms with Crippen molar-refractivity contribution in [3.05, 3.63) is 60.5 Å². The second-order valence-electron chi connectivity index (χ2n) is 8.21. The van der Waals surface area contributed by atoms with Gasteiger partial charge in [-0.25, -0.2) is 8.42 Å². The number of aromatic nitrogens is 2. The number of benzene rings is 2. The lowest BCUT2D eigenvalue weighted by atomic mass is 10.2. The molecule has 1 aromatic heterocycles. The summed E-state index contributed by atoms with van der Waals surface area (Å²) >= 11 is 0. The van der Waals surface area contributed by atoms with Gasteiger partial charge in [0.2, 0.25) is 15.8 Å². The fourth-order valence-corrected chi connectivity index (χ4v) is 4.91. The second-order valence-corrected chi connectivity index (χ2v) is 10.3. The zero-order valence-corrected chi connectivity index (χ0v) is 21.0. The van der Waals surface area contributed by atoms with Crippen molar-refractivity contribution >= 4 is 15.9 Å². The molecule has 0 spiro atoms. The molecule has 0 bridgehead atoms. The molecule has 1 amide bonds. The van der Waals surface area contributed by atoms with Crippen molar-refractivity contribution in [2.24, 2.45) is 0 Å². The highest BCUT2D eigenvalue weighted by atomic mass is 32.2. The largest absolute Gasteiger partial charge is 0.484 e. The lowest BCUT2D eigenvalue weighted by Crippen LogP contribution is -2.50. The molecule has 11 nitrogen and oxygen atoms in total. The number of nitrogens with zero attached hydrogens (tertiary/aromatic N) is 4. The number of ether oxygens (including phenoxy) is 2. The highest BCUT2D eigenvalue weighted by molar-refractivity contribution is 7.89. The smallest absolute Gasteiger partial charge is 0.261 e. The van der Waals surface area contributed by atoms with Gasteiger partial charge in [0.1, 0.15) is 11.8 Å². The number of carbonyl (C=O) groups excluding carboxylic acids is 1. The van der Waals surface area contributed by atoms with Crippen molar-refractivity contribution in [2.75, 3.05) is 53.6 Å². The number of nitrogens with one attached hydrogen (secondary N) is 1. The predicted molar refractivity (Wildman–Crippen MR) is 131 cm³/mol. The molecule has 1 aliphatic heterocycles. The predicted octanol–water partition coefficient (Wildman–Crippen LogP) is 1.56. The van der Waals surface area contributed by atoms with Gasteiger partial charge >= 0.3 is 0 Å². The number of piperazine rings is 1. The second kappa shape index (κ2) is 11.6. The van der Waals surface area contributed by atoms with Crippen molar-refractivity contribution in [3.63, 3.8) is 0 Å². The SMILES string of the molecule is COCCN(C)S(=O)(=O)c1ccc(-c2noc(C3CNCCN3C(=O)COc3ccccc3)n2)cc1. The summed E-state index contributed by atoms with van der Waals surface area (Å²) in [6, 6.07) is 15.0. The van der Waals surface area contributed by atoms with Gasteiger partial charge in [-0.05, 0) is 36.4 Å². The number of methoxy groups -OCH3 is 1. The average Bonchev–Trinajstić information content (AvgIpc) is 3.41. The van der Waals surface area contributed by atoms with E-state index in [-0.39, 0.29) is 24.0 Å². The van der Waals surface area contributed by atoms with Crippen LogP contribution in [0.15, 0.2) is 64.0 Å². The van der Waals surface area contributed by atoms with Crippen LogP contribution in [0.25, 0.3) is 11.4 Å². The molecule has 2 heterocycles. The van der Waals surface area contributed by atoms with Gasteiger partial charge in [0, 0.05) is 45.9 Å². The first-order valence-electron chi connectivity index (χ1n) is 11.5. The van der Waals surface area contributed by atoms with Gasteiger partial charge in [0.25, 0.3) is 11.8 Å². The molecule has 192 valence electrons. The molecule has 3 aromatic rings. The van der Waals surface area contributed by atoms with E-state index in [0.717, 1.165) is 0 Å². The number of likely N-dealkylation sites (N-methyl/N-ethyl adjacent to an activating group) is 1. The summed E-state index contributed by atoms with van der Waals surface area (Å²) in [4.78, 5) is 19.2. The Hall–Kier alpha value is -3.32. The van der Waals surface area contributed by atoms with E-state index >= 15 is 0 Å². The van der Waals surface area contributed by atoms with Crippen LogP contribution in [0.2, 0.25) is 0 Å². The van der Waals surface area contributed by atoms with Gasteiger partial charge in [0.05, 0.1) is 11.5 Å². The molecule has 12 heteroatoms. The average molecular weight is 516 g/mol. The van der Waals surface area contributed by atoms with Gasteiger partial charge < -0.3 is 24.2 Å². The van der Waals surface area contributed by atoms with Gasteiger partial charge in [-0.15, -0.1) is 0 Å². The topological polar surface area (TPSA) is 127 Å². The molecule has 36 heavy (non-hydrogen) atoms. The Morgan fingerprint density at radius 3 is 2.67 bits per heavy atom. The molecule has 1 N–H and O–H groups in total. The number of sulfonamides is 1. The third kappa shape index (κ3) is 5.90. The van der Waals surface area contributed by atoms with Gasteiger partial charge in [-0.2, -0.15) is 9.29 Å². The minimum atomic E-state index is -3.64. The third-order valence-electron chi connectivity index (χ3n) is 5.83. The van der Waals surface area contributed by atoms with E-state index in [4.69, 9.17) is 14.0 Å². The highest BCUT2D eigenvalue weighted by Crippen LogP contribution is 2.25. The maximum absolute atomic E-state index is 12.9. The zero-order valence-electron chi connectivity index (χ0n) is 20.2. The van der Waals surface area contributed by atoms with E-state index in [1.165, 1.54) is 30.6 Å². The van der Waals surface area contributed by atoms with E-state index in [9.17, 15) is 13.2 Å². The number of para-hydroxylation sites is 1. The van der Waals surface area contributed by atoms with Crippen molar-refractivity contribution in [2.45, 2.75) is 10.9 Å². The highest BCUT2D eigenvalue weighted by Gasteiger charge is 2.32. The third-order valence-corrected chi connectivity index (χ3v) is 7.70. The molecule has 2 aromatic carbocycles. The molecule has 1 fully saturated rings. The van der Waals surface area contributed by atoms with Crippen LogP contribution in [-0.4, -0.2) is 87.2 Å². The first-order chi connectivity index (χ1) is 17.4. The molecule has 1 unspecified atom stereocenters. The monoisotopic (exact) mass is 515 g/mol. The standard InChI is InChI=1S/C24H29N5O6S/c1-28(14-15-33-2)36(31,32)20-10-8-18(9-11-20)23-26-24(35-27-23)21-16-25-12-13-29(21)22(30)17-34-19-6-4-3-5-7-19/h3-11,21,25H,12-17H2,1-2H3. The summed E-state index contributed by atoms with van der Waals surface area (Å²) in [6.07, 6.45) is 0. The van der Waals surface area contributed by atoms with E-state index in [0.29, 0.717) is 49.3 Å². The van der Waals surface area contributed by atoms with Crippen molar-refractivity contribution in [3.8, 4) is 17.1 Å². The number of rotatable bonds is 10. The van der Waals surface area contributed by atoms with E-state index < -0.39 is 16.1 Å². The van der Waals surface area contributed by atoms with Crippen LogP contribution in [-0.2, 0) is 19.6 Å². The number of hydrogen-bond donors (Lipinski definition) is 1. The molecule has 0 radical (unpaired) electrons. The summed E-state index contributed by atoms with van der Waals surface area (Å²) in [5.74, 6) is 1.03. The Bertz CT molecular complexity index is 1250. The van der Waals surface area contributed by atoms with Crippen LogP contribution in [0, 0.1) is 0 Å². The summed E-state index contributed by atoms with van der Waals surface area (Å²) in [5.41, 5.74) is 0.595. The van der Waals surface area contributed by atoms with Crippen molar-refractivity contribution < 1.29 is 27.2 Å². The van der Waals surface area contributed by atoms with Crippen LogP contribution < -0.4 is 10.1 Å². The van der Waals surface area contributed by atoms with Crippen LogP contribution in [0.5, 0.6) is 5.75 Å². The number of amides is 1. The van der Waals surface area contributed by atoms with Gasteiger partial charge in [0.15, 0.2) is 6.61 Å². The molecule has 0 aliphatic carbocycles. The lowest BCUT2D eigenvalue weighted by Gasteiger charge is -2.33. The summed E-state index contributed by atoms with van der Waals surface area (Å²) in [5, 5.41) is 7.30. The number of hydrogen-bond acceptors (Lipinski definition) is 9. The molecular formula is C24H29N5O6S. The summed E-state index contributed by atoms with van der Waals surface area (Å²) in [7, 11) is -0.617. The lowest BCUT2D eigenvalue weighted by molar-refractivity contribution is -0.137. The van der Waals surface area contributed by atoms with E-state index in [1.54, 1.807) is 29.2 Å². The molecule has 0 saturated carbocycles. The van der Waals surface area contributed by atoms with Crippen LogP contribution in [0.3, 0.4) is 0 Å². The van der Waals surface area contributed by atoms with Crippen LogP contribution in [0.4, 0.5) is 0 Å². The quantitative estimate of drug-likeness (QED) is 0.428. The Morgan fingerprint density at radius 1 is 1.19 bits per heavy atom. The Balaban J connectivity index is 1.45. The summed E-state index contributed by atoms with van der Waals surface area (Å²) in [6.45, 7) is 2.02. The van der Waals surface area contributed by atoms with Crippen LogP contribution >= 0.6 is 0 Å². The van der Waals surface area contributed by atoms with E-state index in [1.807, 2.05) is 18.2 Å². The van der Waals surface area contributed by atoms with Crippen LogP contribution in [0.1, 0.15) is 11.9 Å². The first kappa shape index (κ1) is 25.8. The van der Waals surface area contributed by atoms with Crippen molar-refractivity contribution in [1.29, 1.82) is 0 Å². The first-order valence-corrected chi connectivity index (χ1v) is 12.9. The Morgan fingerprint density at radius 2 is 1.94 bits per heavy atom. The maximum atomic E-state index is 12.9. The van der Waals surface area contributed by atoms with Gasteiger partial charge in [-0.3, -0.25) is 4.79 Å². The minimum absolute atomic E-state index is 0.101. The van der Waals surface area contributed by atoms with Gasteiger partial charge in [-0.1, -0.05) is 23.4 Å². The molecule has 4 rings (SSSR count). The zero-order chi connectivity index (χ0) is 25.5. The molecule has 1 atom stereocenters. The molecule has 1 saturated heterocycles. The van der Waals surface area contributed by atoms with E-state index in [2.05, 4.69) is 15.5 Å². The fraction of sp³-hybridized carbons (Fsp3) is 0.375. The summed E-state index contributed by atoms with van der Waals surface area (Å²) < 4.78 is 42.7. The minimum Gasteiger partial charge on any atom is -0.484 e. The Kier molecular flexibility index (Phi) is 8.31. The fourth-order valence-electron chi connectivity index (χ4n) is 3.75. The molecule has 1 aliphatic rings. The normalized spacial score (nSPS) is 16.3. The maximum Gasteiger partial charge on any atom is 0.261 e. The Labute approximate surface area is 210 Å². The van der Waals surface area contributed by atoms with Crippen molar-refractivity contribution in [1.82, 2.24) is 24.7 Å². The number of carbonyl (C=O) groups is 1.